The number of anilines is 1. The van der Waals surface area contributed by atoms with Crippen molar-refractivity contribution in [2.45, 2.75) is 6.54 Å². The summed E-state index contributed by atoms with van der Waals surface area (Å²) < 4.78 is 6.75. The fourth-order valence-corrected chi connectivity index (χ4v) is 1.30. The van der Waals surface area contributed by atoms with Crippen molar-refractivity contribution in [1.82, 2.24) is 19.7 Å². The Morgan fingerprint density at radius 3 is 3.12 bits per heavy atom. The van der Waals surface area contributed by atoms with Gasteiger partial charge < -0.3 is 10.5 Å². The number of aromatic nitrogens is 4. The van der Waals surface area contributed by atoms with Gasteiger partial charge in [0.15, 0.2) is 5.82 Å². The molecule has 6 heteroatoms. The molecule has 0 atom stereocenters. The van der Waals surface area contributed by atoms with Crippen LogP contribution in [0.3, 0.4) is 0 Å². The Labute approximate surface area is 93.1 Å². The third-order valence-electron chi connectivity index (χ3n) is 2.09. The molecule has 16 heavy (non-hydrogen) atoms. The molecular weight excluding hydrogens is 206 g/mol. The summed E-state index contributed by atoms with van der Waals surface area (Å²) in [6.45, 7) is 1.33. The predicted octanol–water partition coefficient (Wildman–Crippen LogP) is 0.569. The van der Waals surface area contributed by atoms with Crippen molar-refractivity contribution in [3.8, 4) is 11.4 Å². The molecule has 6 nitrogen and oxygen atoms in total. The van der Waals surface area contributed by atoms with Crippen LogP contribution in [0.2, 0.25) is 0 Å². The monoisotopic (exact) mass is 219 g/mol. The first-order chi connectivity index (χ1) is 7.79. The number of hydrogen-bond donors (Lipinski definition) is 1. The van der Waals surface area contributed by atoms with Gasteiger partial charge >= 0.3 is 0 Å². The summed E-state index contributed by atoms with van der Waals surface area (Å²) in [6.07, 6.45) is 5.21. The normalized spacial score (nSPS) is 10.6. The van der Waals surface area contributed by atoms with Crippen LogP contribution in [-0.4, -0.2) is 33.5 Å². The molecule has 84 valence electrons. The SMILES string of the molecule is COCCn1cc(-c2nccc(N)n2)cn1. The molecule has 0 aliphatic carbocycles. The Morgan fingerprint density at radius 1 is 1.50 bits per heavy atom. The lowest BCUT2D eigenvalue weighted by molar-refractivity contribution is 0.183. The Kier molecular flexibility index (Phi) is 3.11. The van der Waals surface area contributed by atoms with E-state index in [1.54, 1.807) is 30.3 Å². The van der Waals surface area contributed by atoms with Gasteiger partial charge in [-0.2, -0.15) is 5.10 Å². The van der Waals surface area contributed by atoms with Gasteiger partial charge in [-0.05, 0) is 6.07 Å². The molecule has 2 N–H and O–H groups in total. The van der Waals surface area contributed by atoms with Crippen molar-refractivity contribution in [2.24, 2.45) is 0 Å². The molecular formula is C10H13N5O. The summed E-state index contributed by atoms with van der Waals surface area (Å²) >= 11 is 0. The zero-order valence-electron chi connectivity index (χ0n) is 9.00. The lowest BCUT2D eigenvalue weighted by Gasteiger charge is -1.98. The van der Waals surface area contributed by atoms with E-state index in [4.69, 9.17) is 10.5 Å². The molecule has 0 amide bonds. The number of nitrogens with zero attached hydrogens (tertiary/aromatic N) is 4. The zero-order chi connectivity index (χ0) is 11.4. The molecule has 0 spiro atoms. The highest BCUT2D eigenvalue weighted by molar-refractivity contribution is 5.53. The Hall–Kier alpha value is -1.95. The number of nitrogens with two attached hydrogens (primary N) is 1. The molecule has 0 aliphatic rings. The van der Waals surface area contributed by atoms with Crippen LogP contribution < -0.4 is 5.73 Å². The molecule has 2 aromatic heterocycles. The van der Waals surface area contributed by atoms with Gasteiger partial charge in [0.25, 0.3) is 0 Å². The third kappa shape index (κ3) is 2.34. The maximum atomic E-state index is 5.58. The van der Waals surface area contributed by atoms with E-state index in [1.165, 1.54) is 0 Å². The van der Waals surface area contributed by atoms with E-state index in [0.29, 0.717) is 24.8 Å². The Morgan fingerprint density at radius 2 is 2.38 bits per heavy atom. The summed E-state index contributed by atoms with van der Waals surface area (Å²) in [4.78, 5) is 8.25. The van der Waals surface area contributed by atoms with Gasteiger partial charge in [-0.3, -0.25) is 4.68 Å². The number of methoxy groups -OCH3 is 1. The molecule has 0 bridgehead atoms. The zero-order valence-corrected chi connectivity index (χ0v) is 9.00. The standard InChI is InChI=1S/C10H13N5O/c1-16-5-4-15-7-8(6-13-15)10-12-3-2-9(11)14-10/h2-3,6-7H,4-5H2,1H3,(H2,11,12,14). The summed E-state index contributed by atoms with van der Waals surface area (Å²) in [5, 5.41) is 4.18. The van der Waals surface area contributed by atoms with Gasteiger partial charge in [0.05, 0.1) is 24.9 Å². The van der Waals surface area contributed by atoms with E-state index >= 15 is 0 Å². The quantitative estimate of drug-likeness (QED) is 0.813. The molecule has 0 fully saturated rings. The van der Waals surface area contributed by atoms with Crippen molar-refractivity contribution in [3.63, 3.8) is 0 Å². The Bertz CT molecular complexity index is 468. The lowest BCUT2D eigenvalue weighted by Crippen LogP contribution is -2.03. The first-order valence-electron chi connectivity index (χ1n) is 4.90. The van der Waals surface area contributed by atoms with E-state index in [9.17, 15) is 0 Å². The van der Waals surface area contributed by atoms with Crippen LogP contribution in [0.5, 0.6) is 0 Å². The van der Waals surface area contributed by atoms with Crippen molar-refractivity contribution >= 4 is 5.82 Å². The van der Waals surface area contributed by atoms with E-state index < -0.39 is 0 Å². The molecule has 0 saturated heterocycles. The van der Waals surface area contributed by atoms with Crippen LogP contribution in [0.1, 0.15) is 0 Å². The molecule has 0 saturated carbocycles. The molecule has 2 rings (SSSR count). The maximum absolute atomic E-state index is 5.58. The second-order valence-corrected chi connectivity index (χ2v) is 3.29. The van der Waals surface area contributed by atoms with Gasteiger partial charge in [0.1, 0.15) is 5.82 Å². The second-order valence-electron chi connectivity index (χ2n) is 3.29. The van der Waals surface area contributed by atoms with Gasteiger partial charge in [-0.25, -0.2) is 9.97 Å². The summed E-state index contributed by atoms with van der Waals surface area (Å²) in [5.74, 6) is 1.04. The van der Waals surface area contributed by atoms with E-state index in [0.717, 1.165) is 5.56 Å². The first-order valence-corrected chi connectivity index (χ1v) is 4.90. The average molecular weight is 219 g/mol. The fraction of sp³-hybridized carbons (Fsp3) is 0.300. The van der Waals surface area contributed by atoms with Crippen molar-refractivity contribution in [1.29, 1.82) is 0 Å². The van der Waals surface area contributed by atoms with Crippen LogP contribution in [0.25, 0.3) is 11.4 Å². The summed E-state index contributed by atoms with van der Waals surface area (Å²) in [6, 6.07) is 1.65. The molecule has 0 unspecified atom stereocenters. The van der Waals surface area contributed by atoms with Gasteiger partial charge in [0, 0.05) is 19.5 Å². The number of rotatable bonds is 4. The van der Waals surface area contributed by atoms with Crippen LogP contribution in [0.15, 0.2) is 24.7 Å². The molecule has 0 aromatic carbocycles. The van der Waals surface area contributed by atoms with Crippen LogP contribution in [0, 0.1) is 0 Å². The average Bonchev–Trinajstić information content (AvgIpc) is 2.75. The van der Waals surface area contributed by atoms with Crippen molar-refractivity contribution in [2.75, 3.05) is 19.5 Å². The minimum absolute atomic E-state index is 0.453. The summed E-state index contributed by atoms with van der Waals surface area (Å²) in [7, 11) is 1.66. The van der Waals surface area contributed by atoms with Crippen LogP contribution in [-0.2, 0) is 11.3 Å². The van der Waals surface area contributed by atoms with Gasteiger partial charge in [0.2, 0.25) is 0 Å². The topological polar surface area (TPSA) is 78.9 Å². The molecule has 0 aliphatic heterocycles. The largest absolute Gasteiger partial charge is 0.384 e. The highest BCUT2D eigenvalue weighted by Gasteiger charge is 2.04. The van der Waals surface area contributed by atoms with Gasteiger partial charge in [-0.15, -0.1) is 0 Å². The highest BCUT2D eigenvalue weighted by atomic mass is 16.5. The van der Waals surface area contributed by atoms with Gasteiger partial charge in [-0.1, -0.05) is 0 Å². The smallest absolute Gasteiger partial charge is 0.164 e. The van der Waals surface area contributed by atoms with Crippen LogP contribution in [0.4, 0.5) is 5.82 Å². The molecule has 2 aromatic rings. The van der Waals surface area contributed by atoms with Crippen LogP contribution >= 0.6 is 0 Å². The lowest BCUT2D eigenvalue weighted by atomic mass is 10.3. The highest BCUT2D eigenvalue weighted by Crippen LogP contribution is 2.13. The Balaban J connectivity index is 2.18. The third-order valence-corrected chi connectivity index (χ3v) is 2.09. The van der Waals surface area contributed by atoms with Crippen molar-refractivity contribution in [3.05, 3.63) is 24.7 Å². The van der Waals surface area contributed by atoms with E-state index in [-0.39, 0.29) is 0 Å². The summed E-state index contributed by atoms with van der Waals surface area (Å²) in [5.41, 5.74) is 6.43. The minimum atomic E-state index is 0.453. The predicted molar refractivity (Wildman–Crippen MR) is 59.5 cm³/mol. The second kappa shape index (κ2) is 4.71. The number of hydrogen-bond acceptors (Lipinski definition) is 5. The fourth-order valence-electron chi connectivity index (χ4n) is 1.30. The minimum Gasteiger partial charge on any atom is -0.384 e. The van der Waals surface area contributed by atoms with E-state index in [2.05, 4.69) is 15.1 Å². The number of nitrogen functional groups attached to an aromatic ring is 1. The maximum Gasteiger partial charge on any atom is 0.164 e. The first kappa shape index (κ1) is 10.6. The van der Waals surface area contributed by atoms with E-state index in [1.807, 2.05) is 6.20 Å². The van der Waals surface area contributed by atoms with Crippen molar-refractivity contribution < 1.29 is 4.74 Å². The molecule has 2 heterocycles. The molecule has 0 radical (unpaired) electrons. The number of ether oxygens (including phenoxy) is 1.